The Balaban J connectivity index is 2.50. The molecule has 5 heteroatoms. The Bertz CT molecular complexity index is 314. The molecule has 0 radical (unpaired) electrons. The zero-order valence-corrected chi connectivity index (χ0v) is 9.39. The summed E-state index contributed by atoms with van der Waals surface area (Å²) in [5, 5.41) is 2.35. The fourth-order valence-electron chi connectivity index (χ4n) is 0.925. The molecular weight excluding hydrogens is 200 g/mol. The molecule has 1 rings (SSSR count). The van der Waals surface area contributed by atoms with Gasteiger partial charge in [0.1, 0.15) is 5.76 Å². The van der Waals surface area contributed by atoms with Crippen molar-refractivity contribution in [3.8, 4) is 0 Å². The highest BCUT2D eigenvalue weighted by Crippen LogP contribution is 2.07. The first-order valence-corrected chi connectivity index (χ1v) is 4.91. The van der Waals surface area contributed by atoms with Gasteiger partial charge in [-0.3, -0.25) is 4.79 Å². The largest absolute Gasteiger partial charge is 0.444 e. The summed E-state index contributed by atoms with van der Waals surface area (Å²) in [6, 6.07) is 0. The quantitative estimate of drug-likeness (QED) is 0.744. The van der Waals surface area contributed by atoms with Crippen LogP contribution in [-0.2, 0) is 11.3 Å². The average Bonchev–Trinajstić information content (AvgIpc) is 2.42. The van der Waals surface area contributed by atoms with Crippen molar-refractivity contribution in [1.82, 2.24) is 10.3 Å². The third kappa shape index (κ3) is 2.77. The lowest BCUT2D eigenvalue weighted by Gasteiger charge is -2.03. The van der Waals surface area contributed by atoms with Crippen molar-refractivity contribution in [2.24, 2.45) is 0 Å². The summed E-state index contributed by atoms with van der Waals surface area (Å²) in [5.74, 6) is 1.19. The van der Waals surface area contributed by atoms with Crippen molar-refractivity contribution in [3.05, 3.63) is 17.3 Å². The SMILES string of the molecule is Cc1nc(CNC(=O)C(C)S)oc1C. The smallest absolute Gasteiger partial charge is 0.232 e. The van der Waals surface area contributed by atoms with E-state index in [2.05, 4.69) is 22.9 Å². The normalized spacial score (nSPS) is 12.6. The van der Waals surface area contributed by atoms with E-state index in [1.165, 1.54) is 0 Å². The highest BCUT2D eigenvalue weighted by atomic mass is 32.1. The van der Waals surface area contributed by atoms with Gasteiger partial charge in [-0.15, -0.1) is 0 Å². The Morgan fingerprint density at radius 1 is 1.64 bits per heavy atom. The number of amides is 1. The molecule has 14 heavy (non-hydrogen) atoms. The Morgan fingerprint density at radius 3 is 2.71 bits per heavy atom. The molecule has 0 spiro atoms. The van der Waals surface area contributed by atoms with E-state index < -0.39 is 0 Å². The molecule has 1 unspecified atom stereocenters. The number of rotatable bonds is 3. The second-order valence-corrected chi connectivity index (χ2v) is 3.92. The van der Waals surface area contributed by atoms with E-state index >= 15 is 0 Å². The lowest BCUT2D eigenvalue weighted by molar-refractivity contribution is -0.120. The summed E-state index contributed by atoms with van der Waals surface area (Å²) in [6.07, 6.45) is 0. The summed E-state index contributed by atoms with van der Waals surface area (Å²) < 4.78 is 5.29. The van der Waals surface area contributed by atoms with Crippen LogP contribution < -0.4 is 5.32 Å². The van der Waals surface area contributed by atoms with E-state index in [4.69, 9.17) is 4.42 Å². The topological polar surface area (TPSA) is 55.1 Å². The number of nitrogens with zero attached hydrogens (tertiary/aromatic N) is 1. The fraction of sp³-hybridized carbons (Fsp3) is 0.556. The maximum atomic E-state index is 11.2. The van der Waals surface area contributed by atoms with Crippen LogP contribution in [0.5, 0.6) is 0 Å². The van der Waals surface area contributed by atoms with E-state index in [1.807, 2.05) is 13.8 Å². The highest BCUT2D eigenvalue weighted by molar-refractivity contribution is 7.81. The molecule has 0 aliphatic carbocycles. The number of thiol groups is 1. The standard InChI is InChI=1S/C9H14N2O2S/c1-5-6(2)13-8(11-5)4-10-9(12)7(3)14/h7,14H,4H2,1-3H3,(H,10,12). The third-order valence-corrected chi connectivity index (χ3v) is 2.10. The fourth-order valence-corrected chi connectivity index (χ4v) is 1.02. The number of oxazole rings is 1. The number of hydrogen-bond acceptors (Lipinski definition) is 4. The van der Waals surface area contributed by atoms with Gasteiger partial charge in [0, 0.05) is 0 Å². The van der Waals surface area contributed by atoms with Gasteiger partial charge < -0.3 is 9.73 Å². The Hall–Kier alpha value is -0.970. The van der Waals surface area contributed by atoms with Gasteiger partial charge in [0.05, 0.1) is 17.5 Å². The molecule has 1 heterocycles. The molecule has 1 N–H and O–H groups in total. The van der Waals surface area contributed by atoms with E-state index in [0.717, 1.165) is 11.5 Å². The van der Waals surface area contributed by atoms with E-state index in [-0.39, 0.29) is 11.2 Å². The average molecular weight is 214 g/mol. The summed E-state index contributed by atoms with van der Waals surface area (Å²) >= 11 is 4.00. The number of nitrogens with one attached hydrogen (secondary N) is 1. The summed E-state index contributed by atoms with van der Waals surface area (Å²) in [6.45, 7) is 5.74. The molecular formula is C9H14N2O2S. The van der Waals surface area contributed by atoms with Crippen LogP contribution in [0.4, 0.5) is 0 Å². The minimum absolute atomic E-state index is 0.123. The van der Waals surface area contributed by atoms with Crippen molar-refractivity contribution < 1.29 is 9.21 Å². The van der Waals surface area contributed by atoms with Gasteiger partial charge in [0.15, 0.2) is 0 Å². The minimum Gasteiger partial charge on any atom is -0.444 e. The number of carbonyl (C=O) groups excluding carboxylic acids is 1. The predicted molar refractivity (Wildman–Crippen MR) is 56.3 cm³/mol. The lowest BCUT2D eigenvalue weighted by atomic mass is 10.4. The van der Waals surface area contributed by atoms with Gasteiger partial charge in [-0.2, -0.15) is 12.6 Å². The molecule has 0 aromatic carbocycles. The lowest BCUT2D eigenvalue weighted by Crippen LogP contribution is -2.29. The predicted octanol–water partition coefficient (Wildman–Crippen LogP) is 1.23. The van der Waals surface area contributed by atoms with Crippen LogP contribution in [0.2, 0.25) is 0 Å². The summed E-state index contributed by atoms with van der Waals surface area (Å²) in [4.78, 5) is 15.3. The van der Waals surface area contributed by atoms with Crippen LogP contribution in [0.1, 0.15) is 24.3 Å². The number of carbonyl (C=O) groups is 1. The van der Waals surface area contributed by atoms with Gasteiger partial charge in [-0.05, 0) is 20.8 Å². The zero-order chi connectivity index (χ0) is 10.7. The first-order valence-electron chi connectivity index (χ1n) is 4.39. The summed E-state index contributed by atoms with van der Waals surface area (Å²) in [7, 11) is 0. The molecule has 1 atom stereocenters. The highest BCUT2D eigenvalue weighted by Gasteiger charge is 2.10. The van der Waals surface area contributed by atoms with E-state index in [9.17, 15) is 4.79 Å². The van der Waals surface area contributed by atoms with Gasteiger partial charge in [0.25, 0.3) is 0 Å². The third-order valence-electron chi connectivity index (χ3n) is 1.87. The van der Waals surface area contributed by atoms with Crippen LogP contribution in [-0.4, -0.2) is 16.1 Å². The molecule has 0 aliphatic rings. The Labute approximate surface area is 88.5 Å². The maximum absolute atomic E-state index is 11.2. The number of aromatic nitrogens is 1. The van der Waals surface area contributed by atoms with Gasteiger partial charge in [0.2, 0.25) is 11.8 Å². The molecule has 78 valence electrons. The van der Waals surface area contributed by atoms with Crippen molar-refractivity contribution in [2.45, 2.75) is 32.6 Å². The molecule has 1 amide bonds. The molecule has 0 aliphatic heterocycles. The van der Waals surface area contributed by atoms with Crippen LogP contribution in [0.15, 0.2) is 4.42 Å². The van der Waals surface area contributed by atoms with E-state index in [1.54, 1.807) is 6.92 Å². The second kappa shape index (κ2) is 4.50. The Kier molecular flexibility index (Phi) is 3.57. The van der Waals surface area contributed by atoms with Crippen LogP contribution in [0.3, 0.4) is 0 Å². The molecule has 0 bridgehead atoms. The first kappa shape index (κ1) is 11.1. The number of hydrogen-bond donors (Lipinski definition) is 2. The Morgan fingerprint density at radius 2 is 2.29 bits per heavy atom. The molecule has 0 saturated carbocycles. The monoisotopic (exact) mass is 214 g/mol. The molecule has 4 nitrogen and oxygen atoms in total. The van der Waals surface area contributed by atoms with Crippen LogP contribution in [0, 0.1) is 13.8 Å². The molecule has 0 saturated heterocycles. The maximum Gasteiger partial charge on any atom is 0.232 e. The van der Waals surface area contributed by atoms with Crippen molar-refractivity contribution >= 4 is 18.5 Å². The second-order valence-electron chi connectivity index (χ2n) is 3.14. The van der Waals surface area contributed by atoms with Gasteiger partial charge in [-0.25, -0.2) is 4.98 Å². The first-order chi connectivity index (χ1) is 6.50. The van der Waals surface area contributed by atoms with Crippen molar-refractivity contribution in [3.63, 3.8) is 0 Å². The van der Waals surface area contributed by atoms with Crippen LogP contribution >= 0.6 is 12.6 Å². The minimum atomic E-state index is -0.313. The summed E-state index contributed by atoms with van der Waals surface area (Å²) in [5.41, 5.74) is 0.855. The molecule has 1 aromatic rings. The van der Waals surface area contributed by atoms with Crippen molar-refractivity contribution in [2.75, 3.05) is 0 Å². The van der Waals surface area contributed by atoms with Crippen molar-refractivity contribution in [1.29, 1.82) is 0 Å². The zero-order valence-electron chi connectivity index (χ0n) is 8.50. The van der Waals surface area contributed by atoms with Crippen LogP contribution in [0.25, 0.3) is 0 Å². The number of aryl methyl sites for hydroxylation is 2. The molecule has 1 aromatic heterocycles. The van der Waals surface area contributed by atoms with Gasteiger partial charge in [-0.1, -0.05) is 0 Å². The van der Waals surface area contributed by atoms with Gasteiger partial charge >= 0.3 is 0 Å². The van der Waals surface area contributed by atoms with E-state index in [0.29, 0.717) is 12.4 Å². The molecule has 0 fully saturated rings.